The van der Waals surface area contributed by atoms with Gasteiger partial charge in [0.2, 0.25) is 0 Å². The number of urea groups is 1. The monoisotopic (exact) mass is 386 g/mol. The number of pyridine rings is 1. The quantitative estimate of drug-likeness (QED) is 0.477. The number of aryl methyl sites for hydroxylation is 1. The molecule has 0 aliphatic rings. The number of nitrogens with zero attached hydrogens (tertiary/aromatic N) is 3. The smallest absolute Gasteiger partial charge is 0.323 e. The topological polar surface area (TPSA) is 85.9 Å². The van der Waals surface area contributed by atoms with E-state index >= 15 is 0 Å². The number of fused-ring (bicyclic) bond motifs is 1. The van der Waals surface area contributed by atoms with Crippen LogP contribution in [0.1, 0.15) is 5.69 Å². The van der Waals surface area contributed by atoms with Crippen molar-refractivity contribution >= 4 is 34.1 Å². The highest BCUT2D eigenvalue weighted by Crippen LogP contribution is 2.29. The Morgan fingerprint density at radius 3 is 2.17 bits per heavy atom. The number of carbonyl (C=O) groups is 1. The molecule has 0 saturated carbocycles. The summed E-state index contributed by atoms with van der Waals surface area (Å²) in [6.45, 7) is 1.98. The standard InChI is InChI=1S/C22H22N6O/c1-14-20-19(12-13-23-21(20)27-26-14)15-4-6-16(7-5-15)24-22(29)25-17-8-10-18(11-9-17)28(2)3/h4-13H,1-3H3,(H,23,26,27)(H2,24,25,29). The molecule has 4 rings (SSSR count). The Bertz CT molecular complexity index is 1150. The summed E-state index contributed by atoms with van der Waals surface area (Å²) in [7, 11) is 3.95. The molecule has 2 aromatic heterocycles. The maximum Gasteiger partial charge on any atom is 0.323 e. The summed E-state index contributed by atoms with van der Waals surface area (Å²) in [5.41, 5.74) is 6.28. The third-order valence-corrected chi connectivity index (χ3v) is 4.73. The van der Waals surface area contributed by atoms with Crippen LogP contribution < -0.4 is 15.5 Å². The molecule has 29 heavy (non-hydrogen) atoms. The molecule has 2 amide bonds. The Morgan fingerprint density at radius 1 is 0.931 bits per heavy atom. The van der Waals surface area contributed by atoms with Crippen molar-refractivity contribution < 1.29 is 4.79 Å². The lowest BCUT2D eigenvalue weighted by Crippen LogP contribution is -2.19. The van der Waals surface area contributed by atoms with Crippen LogP contribution in [-0.2, 0) is 0 Å². The maximum atomic E-state index is 12.3. The van der Waals surface area contributed by atoms with Crippen LogP contribution in [0.5, 0.6) is 0 Å². The van der Waals surface area contributed by atoms with Crippen LogP contribution >= 0.6 is 0 Å². The fourth-order valence-electron chi connectivity index (χ4n) is 3.21. The van der Waals surface area contributed by atoms with Gasteiger partial charge in [0.15, 0.2) is 5.65 Å². The van der Waals surface area contributed by atoms with E-state index in [-0.39, 0.29) is 6.03 Å². The fraction of sp³-hybridized carbons (Fsp3) is 0.136. The van der Waals surface area contributed by atoms with Gasteiger partial charge in [-0.1, -0.05) is 12.1 Å². The van der Waals surface area contributed by atoms with Crippen molar-refractivity contribution in [1.29, 1.82) is 0 Å². The van der Waals surface area contributed by atoms with Crippen molar-refractivity contribution in [3.8, 4) is 11.1 Å². The molecule has 0 unspecified atom stereocenters. The van der Waals surface area contributed by atoms with E-state index in [1.165, 1.54) is 0 Å². The highest BCUT2D eigenvalue weighted by atomic mass is 16.2. The Balaban J connectivity index is 1.46. The number of benzene rings is 2. The van der Waals surface area contributed by atoms with Crippen molar-refractivity contribution in [2.45, 2.75) is 6.92 Å². The van der Waals surface area contributed by atoms with E-state index in [2.05, 4.69) is 25.8 Å². The van der Waals surface area contributed by atoms with Crippen LogP contribution in [0, 0.1) is 6.92 Å². The highest BCUT2D eigenvalue weighted by molar-refractivity contribution is 6.00. The number of hydrogen-bond acceptors (Lipinski definition) is 4. The molecular weight excluding hydrogens is 364 g/mol. The molecule has 7 nitrogen and oxygen atoms in total. The second kappa shape index (κ2) is 7.63. The third kappa shape index (κ3) is 3.89. The number of aromatic amines is 1. The molecule has 146 valence electrons. The zero-order valence-electron chi connectivity index (χ0n) is 16.5. The minimum Gasteiger partial charge on any atom is -0.378 e. The molecule has 3 N–H and O–H groups in total. The Kier molecular flexibility index (Phi) is 4.87. The average molecular weight is 386 g/mol. The number of H-pyrrole nitrogens is 1. The SMILES string of the molecule is Cc1[nH]nc2nccc(-c3ccc(NC(=O)Nc4ccc(N(C)C)cc4)cc3)c12. The van der Waals surface area contributed by atoms with Crippen LogP contribution in [0.4, 0.5) is 21.9 Å². The van der Waals surface area contributed by atoms with E-state index in [0.717, 1.165) is 33.6 Å². The van der Waals surface area contributed by atoms with Gasteiger partial charge in [0.1, 0.15) is 0 Å². The van der Waals surface area contributed by atoms with E-state index in [1.54, 1.807) is 6.20 Å². The Hall–Kier alpha value is -3.87. The van der Waals surface area contributed by atoms with Crippen LogP contribution in [0.15, 0.2) is 60.8 Å². The number of carbonyl (C=O) groups excluding carboxylic acids is 1. The first kappa shape index (κ1) is 18.5. The summed E-state index contributed by atoms with van der Waals surface area (Å²) in [5, 5.41) is 13.9. The first-order valence-electron chi connectivity index (χ1n) is 9.27. The number of nitrogens with one attached hydrogen (secondary N) is 3. The van der Waals surface area contributed by atoms with Gasteiger partial charge in [-0.2, -0.15) is 5.10 Å². The molecule has 0 aliphatic carbocycles. The van der Waals surface area contributed by atoms with Crippen molar-refractivity contribution in [1.82, 2.24) is 15.2 Å². The van der Waals surface area contributed by atoms with Gasteiger partial charge in [-0.3, -0.25) is 5.10 Å². The van der Waals surface area contributed by atoms with Crippen molar-refractivity contribution in [3.63, 3.8) is 0 Å². The average Bonchev–Trinajstić information content (AvgIpc) is 3.10. The predicted molar refractivity (Wildman–Crippen MR) is 117 cm³/mol. The number of aromatic nitrogens is 3. The van der Waals surface area contributed by atoms with Gasteiger partial charge in [-0.15, -0.1) is 0 Å². The first-order valence-corrected chi connectivity index (χ1v) is 9.27. The molecule has 2 heterocycles. The lowest BCUT2D eigenvalue weighted by Gasteiger charge is -2.13. The summed E-state index contributed by atoms with van der Waals surface area (Å²) in [4.78, 5) is 18.6. The lowest BCUT2D eigenvalue weighted by molar-refractivity contribution is 0.262. The molecule has 0 fully saturated rings. The van der Waals surface area contributed by atoms with E-state index < -0.39 is 0 Å². The number of anilines is 3. The summed E-state index contributed by atoms with van der Waals surface area (Å²) < 4.78 is 0. The summed E-state index contributed by atoms with van der Waals surface area (Å²) in [6.07, 6.45) is 1.75. The largest absolute Gasteiger partial charge is 0.378 e. The van der Waals surface area contributed by atoms with Gasteiger partial charge < -0.3 is 15.5 Å². The summed E-state index contributed by atoms with van der Waals surface area (Å²) >= 11 is 0. The number of amides is 2. The molecule has 0 aliphatic heterocycles. The van der Waals surface area contributed by atoms with Crippen molar-refractivity contribution in [2.24, 2.45) is 0 Å². The van der Waals surface area contributed by atoms with Gasteiger partial charge in [0, 0.05) is 48.4 Å². The van der Waals surface area contributed by atoms with Crippen LogP contribution in [0.2, 0.25) is 0 Å². The second-order valence-electron chi connectivity index (χ2n) is 7.00. The molecule has 0 radical (unpaired) electrons. The molecule has 4 aromatic rings. The minimum absolute atomic E-state index is 0.285. The van der Waals surface area contributed by atoms with E-state index in [0.29, 0.717) is 11.3 Å². The predicted octanol–water partition coefficient (Wildman–Crippen LogP) is 4.64. The van der Waals surface area contributed by atoms with Gasteiger partial charge in [-0.05, 0) is 60.5 Å². The molecule has 2 aromatic carbocycles. The van der Waals surface area contributed by atoms with Gasteiger partial charge in [-0.25, -0.2) is 9.78 Å². The van der Waals surface area contributed by atoms with Crippen LogP contribution in [-0.4, -0.2) is 35.3 Å². The zero-order valence-corrected chi connectivity index (χ0v) is 16.5. The van der Waals surface area contributed by atoms with Crippen LogP contribution in [0.25, 0.3) is 22.2 Å². The van der Waals surface area contributed by atoms with Gasteiger partial charge in [0.25, 0.3) is 0 Å². The number of hydrogen-bond donors (Lipinski definition) is 3. The zero-order chi connectivity index (χ0) is 20.4. The molecule has 7 heteroatoms. The fourth-order valence-corrected chi connectivity index (χ4v) is 3.21. The highest BCUT2D eigenvalue weighted by Gasteiger charge is 2.10. The van der Waals surface area contributed by atoms with Gasteiger partial charge in [0.05, 0.1) is 0 Å². The van der Waals surface area contributed by atoms with Crippen molar-refractivity contribution in [3.05, 3.63) is 66.5 Å². The Morgan fingerprint density at radius 2 is 1.55 bits per heavy atom. The molecule has 0 spiro atoms. The minimum atomic E-state index is -0.285. The normalized spacial score (nSPS) is 10.7. The summed E-state index contributed by atoms with van der Waals surface area (Å²) in [6, 6.07) is 17.1. The third-order valence-electron chi connectivity index (χ3n) is 4.73. The van der Waals surface area contributed by atoms with E-state index in [4.69, 9.17) is 0 Å². The molecule has 0 atom stereocenters. The van der Waals surface area contributed by atoms with E-state index in [9.17, 15) is 4.79 Å². The van der Waals surface area contributed by atoms with Gasteiger partial charge >= 0.3 is 6.03 Å². The molecule has 0 bridgehead atoms. The molecular formula is C22H22N6O. The lowest BCUT2D eigenvalue weighted by atomic mass is 10.0. The van der Waals surface area contributed by atoms with Crippen LogP contribution in [0.3, 0.4) is 0 Å². The summed E-state index contributed by atoms with van der Waals surface area (Å²) in [5.74, 6) is 0. The van der Waals surface area contributed by atoms with E-state index in [1.807, 2.05) is 80.5 Å². The second-order valence-corrected chi connectivity index (χ2v) is 7.00. The maximum absolute atomic E-state index is 12.3. The first-order chi connectivity index (χ1) is 14.0. The Labute approximate surface area is 168 Å². The number of rotatable bonds is 4. The van der Waals surface area contributed by atoms with Crippen molar-refractivity contribution in [2.75, 3.05) is 29.6 Å². The molecule has 0 saturated heterocycles.